The zero-order valence-electron chi connectivity index (χ0n) is 12.2. The fourth-order valence-electron chi connectivity index (χ4n) is 3.02. The van der Waals surface area contributed by atoms with Gasteiger partial charge in [0.25, 0.3) is 0 Å². The molecule has 0 saturated carbocycles. The first-order valence-corrected chi connectivity index (χ1v) is 6.31. The summed E-state index contributed by atoms with van der Waals surface area (Å²) in [7, 11) is 3.14. The number of amides is 1. The molecular weight excluding hydrogens is 232 g/mol. The number of likely N-dealkylation sites (N-methyl/N-ethyl adjacent to an activating group) is 1. The van der Waals surface area contributed by atoms with Gasteiger partial charge in [0.2, 0.25) is 5.91 Å². The average Bonchev–Trinajstić information content (AvgIpc) is 2.23. The number of carbonyl (C=O) groups is 2. The molecule has 1 aliphatic heterocycles. The molecule has 0 aromatic heterocycles. The maximum atomic E-state index is 12.3. The SMILES string of the molecule is COC(=O)CC1C(=O)N(C)CC(C)(C)N1C(C)C. The van der Waals surface area contributed by atoms with E-state index >= 15 is 0 Å². The molecule has 0 bridgehead atoms. The molecule has 0 aromatic carbocycles. The van der Waals surface area contributed by atoms with E-state index in [1.807, 2.05) is 13.8 Å². The molecule has 104 valence electrons. The van der Waals surface area contributed by atoms with Crippen molar-refractivity contribution in [3.63, 3.8) is 0 Å². The number of nitrogens with zero attached hydrogens (tertiary/aromatic N) is 2. The van der Waals surface area contributed by atoms with Gasteiger partial charge < -0.3 is 9.64 Å². The molecule has 0 aliphatic carbocycles. The number of piperazine rings is 1. The van der Waals surface area contributed by atoms with E-state index in [1.165, 1.54) is 7.11 Å². The van der Waals surface area contributed by atoms with Crippen LogP contribution >= 0.6 is 0 Å². The van der Waals surface area contributed by atoms with Crippen LogP contribution in [0, 0.1) is 0 Å². The third-order valence-electron chi connectivity index (χ3n) is 3.46. The molecule has 1 saturated heterocycles. The quantitative estimate of drug-likeness (QED) is 0.703. The minimum atomic E-state index is -0.425. The van der Waals surface area contributed by atoms with Gasteiger partial charge in [-0.05, 0) is 27.7 Å². The van der Waals surface area contributed by atoms with Crippen molar-refractivity contribution in [2.75, 3.05) is 20.7 Å². The molecule has 5 nitrogen and oxygen atoms in total. The molecule has 1 fully saturated rings. The van der Waals surface area contributed by atoms with Crippen molar-refractivity contribution in [3.8, 4) is 0 Å². The highest BCUT2D eigenvalue weighted by Gasteiger charge is 2.45. The Kier molecular flexibility index (Phi) is 4.37. The van der Waals surface area contributed by atoms with Gasteiger partial charge in [0.15, 0.2) is 0 Å². The molecule has 0 spiro atoms. The maximum Gasteiger partial charge on any atom is 0.307 e. The van der Waals surface area contributed by atoms with E-state index in [-0.39, 0.29) is 29.9 Å². The molecule has 5 heteroatoms. The van der Waals surface area contributed by atoms with Crippen LogP contribution in [0.3, 0.4) is 0 Å². The lowest BCUT2D eigenvalue weighted by atomic mass is 9.91. The summed E-state index contributed by atoms with van der Waals surface area (Å²) in [5.41, 5.74) is -0.143. The fraction of sp³-hybridized carbons (Fsp3) is 0.846. The monoisotopic (exact) mass is 256 g/mol. The van der Waals surface area contributed by atoms with Gasteiger partial charge in [-0.15, -0.1) is 0 Å². The van der Waals surface area contributed by atoms with Crippen LogP contribution < -0.4 is 0 Å². The van der Waals surface area contributed by atoms with E-state index in [4.69, 9.17) is 4.74 Å². The molecule has 1 rings (SSSR count). The average molecular weight is 256 g/mol. The Hall–Kier alpha value is -1.10. The van der Waals surface area contributed by atoms with E-state index in [2.05, 4.69) is 18.7 Å². The smallest absolute Gasteiger partial charge is 0.307 e. The Labute approximate surface area is 109 Å². The van der Waals surface area contributed by atoms with Gasteiger partial charge in [-0.1, -0.05) is 0 Å². The van der Waals surface area contributed by atoms with Crippen LogP contribution in [0.15, 0.2) is 0 Å². The lowest BCUT2D eigenvalue weighted by molar-refractivity contribution is -0.158. The molecule has 18 heavy (non-hydrogen) atoms. The van der Waals surface area contributed by atoms with Crippen LogP contribution in [-0.2, 0) is 14.3 Å². The molecule has 0 aromatic rings. The Morgan fingerprint density at radius 1 is 1.50 bits per heavy atom. The standard InChI is InChI=1S/C13H24N2O3/c1-9(2)15-10(7-11(16)18-6)12(17)14(5)8-13(15,3)4/h9-10H,7-8H2,1-6H3. The van der Waals surface area contributed by atoms with E-state index < -0.39 is 6.04 Å². The van der Waals surface area contributed by atoms with E-state index in [0.717, 1.165) is 0 Å². The van der Waals surface area contributed by atoms with Crippen LogP contribution in [0.1, 0.15) is 34.1 Å². The van der Waals surface area contributed by atoms with E-state index in [0.29, 0.717) is 6.54 Å². The Bertz CT molecular complexity index is 339. The number of carbonyl (C=O) groups excluding carboxylic acids is 2. The third kappa shape index (κ3) is 2.83. The van der Waals surface area contributed by atoms with Crippen LogP contribution in [0.25, 0.3) is 0 Å². The van der Waals surface area contributed by atoms with E-state index in [1.54, 1.807) is 11.9 Å². The molecule has 1 atom stereocenters. The summed E-state index contributed by atoms with van der Waals surface area (Å²) in [6.07, 6.45) is 0.112. The van der Waals surface area contributed by atoms with Gasteiger partial charge in [0, 0.05) is 25.2 Å². The summed E-state index contributed by atoms with van der Waals surface area (Å²) in [4.78, 5) is 27.6. The van der Waals surface area contributed by atoms with Crippen LogP contribution in [0.2, 0.25) is 0 Å². The van der Waals surface area contributed by atoms with Gasteiger partial charge in [-0.3, -0.25) is 14.5 Å². The van der Waals surface area contributed by atoms with Crippen molar-refractivity contribution in [2.45, 2.75) is 51.7 Å². The number of hydrogen-bond acceptors (Lipinski definition) is 4. The van der Waals surface area contributed by atoms with Crippen molar-refractivity contribution in [3.05, 3.63) is 0 Å². The summed E-state index contributed by atoms with van der Waals surface area (Å²) in [6, 6.07) is -0.224. The largest absolute Gasteiger partial charge is 0.469 e. The van der Waals surface area contributed by atoms with Crippen molar-refractivity contribution >= 4 is 11.9 Å². The van der Waals surface area contributed by atoms with Crippen molar-refractivity contribution in [1.29, 1.82) is 0 Å². The number of ether oxygens (including phenoxy) is 1. The predicted octanol–water partition coefficient (Wildman–Crippen LogP) is 0.879. The highest BCUT2D eigenvalue weighted by molar-refractivity contribution is 5.87. The van der Waals surface area contributed by atoms with Crippen LogP contribution in [0.5, 0.6) is 0 Å². The molecule has 0 radical (unpaired) electrons. The van der Waals surface area contributed by atoms with Crippen molar-refractivity contribution < 1.29 is 14.3 Å². The van der Waals surface area contributed by atoms with Gasteiger partial charge in [-0.25, -0.2) is 0 Å². The Morgan fingerprint density at radius 3 is 2.50 bits per heavy atom. The number of hydrogen-bond donors (Lipinski definition) is 0. The highest BCUT2D eigenvalue weighted by atomic mass is 16.5. The minimum absolute atomic E-state index is 0.00609. The first kappa shape index (κ1) is 15.0. The predicted molar refractivity (Wildman–Crippen MR) is 69.1 cm³/mol. The lowest BCUT2D eigenvalue weighted by Gasteiger charge is -2.52. The van der Waals surface area contributed by atoms with Crippen molar-refractivity contribution in [2.24, 2.45) is 0 Å². The first-order chi connectivity index (χ1) is 8.20. The number of esters is 1. The maximum absolute atomic E-state index is 12.3. The van der Waals surface area contributed by atoms with Gasteiger partial charge in [-0.2, -0.15) is 0 Å². The van der Waals surface area contributed by atoms with Crippen LogP contribution in [0.4, 0.5) is 0 Å². The summed E-state index contributed by atoms with van der Waals surface area (Å²) in [5, 5.41) is 0. The highest BCUT2D eigenvalue weighted by Crippen LogP contribution is 2.29. The molecular formula is C13H24N2O3. The van der Waals surface area contributed by atoms with Crippen LogP contribution in [-0.4, -0.2) is 60.0 Å². The Balaban J connectivity index is 3.04. The second kappa shape index (κ2) is 5.26. The molecule has 1 heterocycles. The zero-order chi connectivity index (χ0) is 14.1. The van der Waals surface area contributed by atoms with Crippen molar-refractivity contribution in [1.82, 2.24) is 9.80 Å². The summed E-state index contributed by atoms with van der Waals surface area (Å²) < 4.78 is 4.70. The minimum Gasteiger partial charge on any atom is -0.469 e. The second-order valence-electron chi connectivity index (χ2n) is 5.80. The Morgan fingerprint density at radius 2 is 2.06 bits per heavy atom. The van der Waals surface area contributed by atoms with Gasteiger partial charge >= 0.3 is 5.97 Å². The lowest BCUT2D eigenvalue weighted by Crippen LogP contribution is -2.67. The van der Waals surface area contributed by atoms with Gasteiger partial charge in [0.1, 0.15) is 6.04 Å². The number of methoxy groups -OCH3 is 1. The van der Waals surface area contributed by atoms with Gasteiger partial charge in [0.05, 0.1) is 13.5 Å². The number of rotatable bonds is 3. The molecule has 0 N–H and O–H groups in total. The summed E-state index contributed by atoms with van der Waals surface area (Å²) >= 11 is 0. The topological polar surface area (TPSA) is 49.9 Å². The fourth-order valence-corrected chi connectivity index (χ4v) is 3.02. The molecule has 1 amide bonds. The molecule has 1 unspecified atom stereocenters. The zero-order valence-corrected chi connectivity index (χ0v) is 12.2. The first-order valence-electron chi connectivity index (χ1n) is 6.31. The normalized spacial score (nSPS) is 24.5. The molecule has 1 aliphatic rings. The third-order valence-corrected chi connectivity index (χ3v) is 3.46. The second-order valence-corrected chi connectivity index (χ2v) is 5.80. The summed E-state index contributed by atoms with van der Waals surface area (Å²) in [5.74, 6) is -0.349. The summed E-state index contributed by atoms with van der Waals surface area (Å²) in [6.45, 7) is 8.96. The van der Waals surface area contributed by atoms with E-state index in [9.17, 15) is 9.59 Å².